The molecule has 2 aromatic carbocycles. The maximum absolute atomic E-state index is 2.67. The van der Waals surface area contributed by atoms with Gasteiger partial charge in [-0.3, -0.25) is 0 Å². The van der Waals surface area contributed by atoms with Crippen LogP contribution in [0.25, 0.3) is 17.2 Å². The lowest BCUT2D eigenvalue weighted by molar-refractivity contribution is 0.393. The third kappa shape index (κ3) is 3.60. The highest BCUT2D eigenvalue weighted by Crippen LogP contribution is 2.57. The summed E-state index contributed by atoms with van der Waals surface area (Å²) in [5.74, 6) is 0. The van der Waals surface area contributed by atoms with Crippen LogP contribution in [0, 0.1) is 26.2 Å². The molecule has 190 valence electrons. The van der Waals surface area contributed by atoms with Gasteiger partial charge in [-0.15, -0.1) is 0 Å². The van der Waals surface area contributed by atoms with Crippen molar-refractivity contribution >= 4 is 14.1 Å². The maximum Gasteiger partial charge on any atom is 0.0717 e. The fourth-order valence-electron chi connectivity index (χ4n) is 8.34. The molecule has 0 heterocycles. The molecule has 0 fully saturated rings. The van der Waals surface area contributed by atoms with Gasteiger partial charge < -0.3 is 0 Å². The van der Waals surface area contributed by atoms with Gasteiger partial charge in [0.2, 0.25) is 0 Å². The summed E-state index contributed by atoms with van der Waals surface area (Å²) in [6.45, 7) is 29.1. The number of benzene rings is 2. The van der Waals surface area contributed by atoms with E-state index >= 15 is 0 Å². The SMILES string of the molecule is CC1=Cc2c(cc3c(c2-c2cc(C)c(C)cc2C)CC(C)(C)C3)C1[Si](C)(C)C1C(C)=C(C)C(C)=C1C. The monoisotopic (exact) mass is 494 g/mol. The molecule has 0 saturated carbocycles. The summed E-state index contributed by atoms with van der Waals surface area (Å²) >= 11 is 0. The molecule has 1 heteroatoms. The van der Waals surface area contributed by atoms with Gasteiger partial charge in [0.1, 0.15) is 0 Å². The van der Waals surface area contributed by atoms with Crippen molar-refractivity contribution in [2.45, 2.75) is 106 Å². The van der Waals surface area contributed by atoms with Crippen molar-refractivity contribution in [1.82, 2.24) is 0 Å². The van der Waals surface area contributed by atoms with E-state index in [0.717, 1.165) is 0 Å². The smallest absolute Gasteiger partial charge is 0.0679 e. The minimum Gasteiger partial charge on any atom is -0.0679 e. The predicted octanol–water partition coefficient (Wildman–Crippen LogP) is 10.2. The van der Waals surface area contributed by atoms with E-state index in [1.165, 1.54) is 40.7 Å². The molecular formula is C35H46Si. The fraction of sp³-hybridized carbons (Fsp3) is 0.486. The quantitative estimate of drug-likeness (QED) is 0.372. The summed E-state index contributed by atoms with van der Waals surface area (Å²) in [4.78, 5) is 0. The Hall–Kier alpha value is -2.12. The molecule has 3 aliphatic carbocycles. The zero-order valence-electron chi connectivity index (χ0n) is 24.9. The van der Waals surface area contributed by atoms with E-state index in [-0.39, 0.29) is 0 Å². The molecule has 0 nitrogen and oxygen atoms in total. The van der Waals surface area contributed by atoms with Crippen LogP contribution in [0.1, 0.15) is 93.0 Å². The Morgan fingerprint density at radius 2 is 1.31 bits per heavy atom. The molecule has 0 radical (unpaired) electrons. The summed E-state index contributed by atoms with van der Waals surface area (Å²) in [5.41, 5.74) is 23.1. The van der Waals surface area contributed by atoms with Crippen LogP contribution in [0.3, 0.4) is 0 Å². The van der Waals surface area contributed by atoms with E-state index in [1.54, 1.807) is 50.1 Å². The van der Waals surface area contributed by atoms with Gasteiger partial charge in [0.05, 0.1) is 8.07 Å². The largest absolute Gasteiger partial charge is 0.0717 e. The third-order valence-electron chi connectivity index (χ3n) is 10.3. The normalized spacial score (nSPS) is 21.4. The summed E-state index contributed by atoms with van der Waals surface area (Å²) in [6.07, 6.45) is 4.97. The zero-order valence-corrected chi connectivity index (χ0v) is 25.9. The molecule has 3 aliphatic rings. The number of allylic oxidation sites excluding steroid dienone is 5. The van der Waals surface area contributed by atoms with Crippen LogP contribution in [0.2, 0.25) is 18.6 Å². The lowest BCUT2D eigenvalue weighted by atomic mass is 9.85. The fourth-order valence-corrected chi connectivity index (χ4v) is 13.6. The molecule has 0 saturated heterocycles. The Morgan fingerprint density at radius 3 is 1.92 bits per heavy atom. The Labute approximate surface area is 221 Å². The first kappa shape index (κ1) is 25.5. The third-order valence-corrected chi connectivity index (χ3v) is 14.9. The van der Waals surface area contributed by atoms with E-state index in [9.17, 15) is 0 Å². The van der Waals surface area contributed by atoms with Gasteiger partial charge in [-0.05, 0) is 140 Å². The summed E-state index contributed by atoms with van der Waals surface area (Å²) < 4.78 is 0. The van der Waals surface area contributed by atoms with E-state index in [0.29, 0.717) is 16.5 Å². The molecule has 0 N–H and O–H groups in total. The minimum atomic E-state index is -1.77. The van der Waals surface area contributed by atoms with Crippen molar-refractivity contribution in [1.29, 1.82) is 0 Å². The van der Waals surface area contributed by atoms with E-state index in [1.807, 2.05) is 0 Å². The molecule has 5 rings (SSSR count). The van der Waals surface area contributed by atoms with Crippen molar-refractivity contribution in [3.8, 4) is 11.1 Å². The number of hydrogen-bond donors (Lipinski definition) is 0. The highest BCUT2D eigenvalue weighted by atomic mass is 28.3. The standard InChI is InChI=1S/C35H46Si/c1-19-13-21(3)28(14-20(19)2)32-29-15-22(4)33(30(29)16-27-17-35(9,10)18-31(27)32)36(11,12)34-25(7)23(5)24(6)26(34)8/h13-16,33-34H,17-18H2,1-12H3. The number of fused-ring (bicyclic) bond motifs is 2. The first-order valence-corrected chi connectivity index (χ1v) is 17.1. The van der Waals surface area contributed by atoms with Crippen LogP contribution in [-0.4, -0.2) is 8.07 Å². The molecular weight excluding hydrogens is 448 g/mol. The summed E-state index contributed by atoms with van der Waals surface area (Å²) in [6, 6.07) is 7.55. The average Bonchev–Trinajstić information content (AvgIpc) is 3.33. The van der Waals surface area contributed by atoms with Crippen molar-refractivity contribution in [2.75, 3.05) is 0 Å². The number of hydrogen-bond acceptors (Lipinski definition) is 0. The molecule has 0 bridgehead atoms. The molecule has 0 spiro atoms. The topological polar surface area (TPSA) is 0 Å². The van der Waals surface area contributed by atoms with Crippen LogP contribution < -0.4 is 0 Å². The Balaban J connectivity index is 1.77. The second-order valence-corrected chi connectivity index (χ2v) is 18.7. The molecule has 36 heavy (non-hydrogen) atoms. The van der Waals surface area contributed by atoms with Crippen molar-refractivity contribution < 1.29 is 0 Å². The average molecular weight is 495 g/mol. The van der Waals surface area contributed by atoms with Gasteiger partial charge in [-0.2, -0.15) is 0 Å². The number of rotatable bonds is 3. The predicted molar refractivity (Wildman–Crippen MR) is 162 cm³/mol. The Kier molecular flexibility index (Phi) is 5.80. The van der Waals surface area contributed by atoms with Gasteiger partial charge in [0.15, 0.2) is 0 Å². The maximum atomic E-state index is 2.67. The van der Waals surface area contributed by atoms with E-state index in [4.69, 9.17) is 0 Å². The van der Waals surface area contributed by atoms with Crippen LogP contribution in [-0.2, 0) is 12.8 Å². The number of aryl methyl sites for hydroxylation is 3. The van der Waals surface area contributed by atoms with Crippen molar-refractivity contribution in [2.24, 2.45) is 5.41 Å². The highest BCUT2D eigenvalue weighted by molar-refractivity contribution is 6.82. The molecule has 0 aromatic heterocycles. The molecule has 1 atom stereocenters. The van der Waals surface area contributed by atoms with Gasteiger partial charge in [-0.1, -0.05) is 67.9 Å². The van der Waals surface area contributed by atoms with Crippen LogP contribution in [0.15, 0.2) is 46.1 Å². The summed E-state index contributed by atoms with van der Waals surface area (Å²) in [5, 5.41) is 0. The van der Waals surface area contributed by atoms with Crippen LogP contribution >= 0.6 is 0 Å². The second kappa shape index (κ2) is 8.19. The van der Waals surface area contributed by atoms with Gasteiger partial charge in [-0.25, -0.2) is 0 Å². The van der Waals surface area contributed by atoms with Crippen LogP contribution in [0.4, 0.5) is 0 Å². The molecule has 2 aromatic rings. The first-order valence-electron chi connectivity index (χ1n) is 14.0. The van der Waals surface area contributed by atoms with E-state index < -0.39 is 8.07 Å². The van der Waals surface area contributed by atoms with E-state index in [2.05, 4.69) is 107 Å². The van der Waals surface area contributed by atoms with Gasteiger partial charge >= 0.3 is 0 Å². The lowest BCUT2D eigenvalue weighted by Gasteiger charge is -2.39. The Morgan fingerprint density at radius 1 is 0.722 bits per heavy atom. The summed E-state index contributed by atoms with van der Waals surface area (Å²) in [7, 11) is -1.77. The first-order chi connectivity index (χ1) is 16.7. The second-order valence-electron chi connectivity index (χ2n) is 13.9. The molecule has 0 amide bonds. The van der Waals surface area contributed by atoms with Gasteiger partial charge in [0.25, 0.3) is 0 Å². The minimum absolute atomic E-state index is 0.333. The molecule has 1 unspecified atom stereocenters. The Bertz CT molecular complexity index is 1380. The highest BCUT2D eigenvalue weighted by Gasteiger charge is 2.48. The van der Waals surface area contributed by atoms with Crippen molar-refractivity contribution in [3.05, 3.63) is 85.0 Å². The molecule has 0 aliphatic heterocycles. The lowest BCUT2D eigenvalue weighted by Crippen LogP contribution is -2.41. The van der Waals surface area contributed by atoms with Gasteiger partial charge in [0, 0.05) is 5.54 Å². The van der Waals surface area contributed by atoms with Crippen LogP contribution in [0.5, 0.6) is 0 Å². The van der Waals surface area contributed by atoms with Crippen molar-refractivity contribution in [3.63, 3.8) is 0 Å². The zero-order chi connectivity index (χ0) is 26.5.